The van der Waals surface area contributed by atoms with Crippen LogP contribution in [0.5, 0.6) is 0 Å². The van der Waals surface area contributed by atoms with Gasteiger partial charge in [-0.3, -0.25) is 0 Å². The van der Waals surface area contributed by atoms with Crippen molar-refractivity contribution >= 4 is 11.8 Å². The highest BCUT2D eigenvalue weighted by atomic mass is 19.1. The monoisotopic (exact) mass is 316 g/mol. The van der Waals surface area contributed by atoms with E-state index in [0.717, 1.165) is 29.9 Å². The van der Waals surface area contributed by atoms with Gasteiger partial charge in [0.2, 0.25) is 5.95 Å². The predicted octanol–water partition coefficient (Wildman–Crippen LogP) is 2.90. The molecule has 1 heterocycles. The molecule has 1 aromatic carbocycles. The zero-order valence-electron chi connectivity index (χ0n) is 13.1. The summed E-state index contributed by atoms with van der Waals surface area (Å²) in [6.45, 7) is 2.46. The molecule has 0 amide bonds. The van der Waals surface area contributed by atoms with E-state index in [2.05, 4.69) is 20.6 Å². The fraction of sp³-hybridized carbons (Fsp3) is 0.412. The number of halogens is 1. The van der Waals surface area contributed by atoms with Crippen LogP contribution >= 0.6 is 0 Å². The van der Waals surface area contributed by atoms with Gasteiger partial charge in [-0.15, -0.1) is 0 Å². The van der Waals surface area contributed by atoms with Crippen LogP contribution in [0.3, 0.4) is 0 Å². The number of hydrogen-bond acceptors (Lipinski definition) is 5. The van der Waals surface area contributed by atoms with Crippen molar-refractivity contribution in [1.82, 2.24) is 9.97 Å². The number of nitrogens with zero attached hydrogens (tertiary/aromatic N) is 2. The van der Waals surface area contributed by atoms with Crippen molar-refractivity contribution in [2.45, 2.75) is 38.3 Å². The van der Waals surface area contributed by atoms with Gasteiger partial charge in [0.05, 0.1) is 12.3 Å². The molecular formula is C17H21FN4O. The molecule has 1 aliphatic rings. The number of rotatable bonds is 7. The van der Waals surface area contributed by atoms with Gasteiger partial charge in [-0.2, -0.15) is 4.98 Å². The lowest BCUT2D eigenvalue weighted by Gasteiger charge is -2.14. The Morgan fingerprint density at radius 1 is 1.26 bits per heavy atom. The third-order valence-electron chi connectivity index (χ3n) is 3.78. The summed E-state index contributed by atoms with van der Waals surface area (Å²) in [5.74, 6) is 1.53. The highest BCUT2D eigenvalue weighted by Crippen LogP contribution is 2.39. The highest BCUT2D eigenvalue weighted by molar-refractivity contribution is 5.45. The average Bonchev–Trinajstić information content (AvgIpc) is 3.39. The van der Waals surface area contributed by atoms with Gasteiger partial charge in [-0.25, -0.2) is 9.37 Å². The minimum Gasteiger partial charge on any atom is -0.394 e. The maximum atomic E-state index is 12.9. The molecule has 0 saturated heterocycles. The molecule has 2 aromatic rings. The van der Waals surface area contributed by atoms with Crippen molar-refractivity contribution in [2.75, 3.05) is 17.2 Å². The number of aromatic nitrogens is 2. The Bertz CT molecular complexity index is 658. The third kappa shape index (κ3) is 4.39. The number of aliphatic hydroxyl groups excluding tert-OH is 1. The van der Waals surface area contributed by atoms with Gasteiger partial charge in [0.1, 0.15) is 11.6 Å². The number of aliphatic hydroxyl groups is 1. The third-order valence-corrected chi connectivity index (χ3v) is 3.78. The first kappa shape index (κ1) is 15.7. The van der Waals surface area contributed by atoms with Crippen LogP contribution in [0.1, 0.15) is 36.9 Å². The van der Waals surface area contributed by atoms with Crippen molar-refractivity contribution in [3.8, 4) is 0 Å². The maximum absolute atomic E-state index is 12.9. The molecule has 5 nitrogen and oxygen atoms in total. The maximum Gasteiger partial charge on any atom is 0.225 e. The molecule has 0 aliphatic heterocycles. The zero-order chi connectivity index (χ0) is 16.2. The van der Waals surface area contributed by atoms with Crippen molar-refractivity contribution < 1.29 is 9.50 Å². The van der Waals surface area contributed by atoms with Gasteiger partial charge >= 0.3 is 0 Å². The molecule has 0 radical (unpaired) electrons. The fourth-order valence-corrected chi connectivity index (χ4v) is 2.27. The molecule has 1 aromatic heterocycles. The summed E-state index contributed by atoms with van der Waals surface area (Å²) in [5, 5.41) is 15.5. The van der Waals surface area contributed by atoms with Crippen LogP contribution in [0.2, 0.25) is 0 Å². The molecule has 1 fully saturated rings. The molecule has 1 saturated carbocycles. The molecule has 3 rings (SSSR count). The van der Waals surface area contributed by atoms with Crippen LogP contribution in [0, 0.1) is 5.82 Å². The van der Waals surface area contributed by atoms with E-state index in [1.54, 1.807) is 12.1 Å². The quantitative estimate of drug-likeness (QED) is 0.733. The first-order valence-electron chi connectivity index (χ1n) is 7.88. The first-order chi connectivity index (χ1) is 11.1. The summed E-state index contributed by atoms with van der Waals surface area (Å²) in [6, 6.07) is 8.26. The van der Waals surface area contributed by atoms with E-state index in [9.17, 15) is 4.39 Å². The van der Waals surface area contributed by atoms with Gasteiger partial charge < -0.3 is 15.7 Å². The second-order valence-corrected chi connectivity index (χ2v) is 5.98. The van der Waals surface area contributed by atoms with E-state index in [0.29, 0.717) is 18.4 Å². The minimum absolute atomic E-state index is 0.0232. The van der Waals surface area contributed by atoms with Crippen molar-refractivity contribution in [3.05, 3.63) is 47.4 Å². The smallest absolute Gasteiger partial charge is 0.225 e. The van der Waals surface area contributed by atoms with Gasteiger partial charge in [0.25, 0.3) is 0 Å². The Morgan fingerprint density at radius 2 is 2.00 bits per heavy atom. The summed E-state index contributed by atoms with van der Waals surface area (Å²) >= 11 is 0. The van der Waals surface area contributed by atoms with Crippen LogP contribution in [-0.4, -0.2) is 27.7 Å². The molecule has 0 bridgehead atoms. The van der Waals surface area contributed by atoms with Crippen LogP contribution in [0.15, 0.2) is 30.3 Å². The van der Waals surface area contributed by atoms with Crippen LogP contribution in [0.25, 0.3) is 0 Å². The van der Waals surface area contributed by atoms with Gasteiger partial charge in [-0.05, 0) is 37.5 Å². The average molecular weight is 316 g/mol. The summed E-state index contributed by atoms with van der Waals surface area (Å²) in [4.78, 5) is 8.97. The molecule has 0 unspecified atom stereocenters. The van der Waals surface area contributed by atoms with Crippen LogP contribution in [0.4, 0.5) is 16.2 Å². The van der Waals surface area contributed by atoms with Crippen molar-refractivity contribution in [3.63, 3.8) is 0 Å². The Balaban J connectivity index is 1.73. The summed E-state index contributed by atoms with van der Waals surface area (Å²) in [5.41, 5.74) is 2.01. The normalized spacial score (nSPS) is 15.3. The standard InChI is InChI=1S/C17H21FN4O/c1-11(10-23)20-17-21-15(13-4-5-13)8-16(22-17)19-9-12-2-6-14(18)7-3-12/h2-3,6-8,11,13,23H,4-5,9-10H2,1H3,(H2,19,20,21,22)/t11-/m1/s1. The van der Waals surface area contributed by atoms with E-state index < -0.39 is 0 Å². The number of benzene rings is 1. The molecular weight excluding hydrogens is 295 g/mol. The largest absolute Gasteiger partial charge is 0.394 e. The van der Waals surface area contributed by atoms with E-state index >= 15 is 0 Å². The molecule has 122 valence electrons. The van der Waals surface area contributed by atoms with E-state index in [1.165, 1.54) is 12.1 Å². The molecule has 1 aliphatic carbocycles. The number of nitrogens with one attached hydrogen (secondary N) is 2. The minimum atomic E-state index is -0.240. The van der Waals surface area contributed by atoms with Crippen molar-refractivity contribution in [1.29, 1.82) is 0 Å². The molecule has 23 heavy (non-hydrogen) atoms. The topological polar surface area (TPSA) is 70.1 Å². The Hall–Kier alpha value is -2.21. The molecule has 0 spiro atoms. The first-order valence-corrected chi connectivity index (χ1v) is 7.88. The number of anilines is 2. The van der Waals surface area contributed by atoms with E-state index in [-0.39, 0.29) is 18.5 Å². The summed E-state index contributed by atoms with van der Waals surface area (Å²) < 4.78 is 12.9. The lowest BCUT2D eigenvalue weighted by atomic mass is 10.2. The second-order valence-electron chi connectivity index (χ2n) is 5.98. The molecule has 3 N–H and O–H groups in total. The zero-order valence-corrected chi connectivity index (χ0v) is 13.1. The highest BCUT2D eigenvalue weighted by Gasteiger charge is 2.26. The lowest BCUT2D eigenvalue weighted by Crippen LogP contribution is -2.21. The SMILES string of the molecule is C[C@H](CO)Nc1nc(NCc2ccc(F)cc2)cc(C2CC2)n1. The van der Waals surface area contributed by atoms with E-state index in [1.807, 2.05) is 13.0 Å². The molecule has 1 atom stereocenters. The van der Waals surface area contributed by atoms with Crippen LogP contribution < -0.4 is 10.6 Å². The van der Waals surface area contributed by atoms with Gasteiger partial charge in [0.15, 0.2) is 0 Å². The molecule has 6 heteroatoms. The van der Waals surface area contributed by atoms with Gasteiger partial charge in [0, 0.05) is 24.6 Å². The lowest BCUT2D eigenvalue weighted by molar-refractivity contribution is 0.281. The summed E-state index contributed by atoms with van der Waals surface area (Å²) in [6.07, 6.45) is 2.31. The van der Waals surface area contributed by atoms with Gasteiger partial charge in [-0.1, -0.05) is 12.1 Å². The second kappa shape index (κ2) is 6.91. The Kier molecular flexibility index (Phi) is 4.71. The number of hydrogen-bond donors (Lipinski definition) is 3. The van der Waals surface area contributed by atoms with Crippen LogP contribution in [-0.2, 0) is 6.54 Å². The Labute approximate surface area is 135 Å². The predicted molar refractivity (Wildman–Crippen MR) is 87.9 cm³/mol. The summed E-state index contributed by atoms with van der Waals surface area (Å²) in [7, 11) is 0. The fourth-order valence-electron chi connectivity index (χ4n) is 2.27. The van der Waals surface area contributed by atoms with Crippen molar-refractivity contribution in [2.24, 2.45) is 0 Å². The van der Waals surface area contributed by atoms with E-state index in [4.69, 9.17) is 5.11 Å². The Morgan fingerprint density at radius 3 is 2.65 bits per heavy atom.